The first-order valence-corrected chi connectivity index (χ1v) is 6.06. The van der Waals surface area contributed by atoms with Crippen molar-refractivity contribution in [2.75, 3.05) is 7.11 Å². The lowest BCUT2D eigenvalue weighted by Crippen LogP contribution is -2.01. The summed E-state index contributed by atoms with van der Waals surface area (Å²) in [5, 5.41) is 4.51. The van der Waals surface area contributed by atoms with Gasteiger partial charge < -0.3 is 4.74 Å². The molecular formula is C10H9NO2S2. The van der Waals surface area contributed by atoms with E-state index < -0.39 is 0 Å². The van der Waals surface area contributed by atoms with Gasteiger partial charge in [0.15, 0.2) is 0 Å². The van der Waals surface area contributed by atoms with Crippen LogP contribution in [0.25, 0.3) is 0 Å². The number of aromatic nitrogens is 1. The second-order valence-corrected chi connectivity index (χ2v) is 4.88. The van der Waals surface area contributed by atoms with Crippen LogP contribution in [0, 0.1) is 6.92 Å². The molecule has 0 aliphatic heterocycles. The number of thiazole rings is 1. The van der Waals surface area contributed by atoms with Crippen LogP contribution < -0.4 is 4.74 Å². The highest BCUT2D eigenvalue weighted by atomic mass is 32.1. The summed E-state index contributed by atoms with van der Waals surface area (Å²) in [5.41, 5.74) is 0.498. The van der Waals surface area contributed by atoms with Gasteiger partial charge in [-0.05, 0) is 18.4 Å². The highest BCUT2D eigenvalue weighted by Gasteiger charge is 2.17. The largest absolute Gasteiger partial charge is 0.495 e. The van der Waals surface area contributed by atoms with E-state index >= 15 is 0 Å². The van der Waals surface area contributed by atoms with E-state index in [0.29, 0.717) is 16.3 Å². The Morgan fingerprint density at radius 3 is 2.87 bits per heavy atom. The number of thiophene rings is 1. The number of hydrogen-bond acceptors (Lipinski definition) is 5. The summed E-state index contributed by atoms with van der Waals surface area (Å²) >= 11 is 2.85. The van der Waals surface area contributed by atoms with Crippen molar-refractivity contribution in [3.8, 4) is 5.75 Å². The third-order valence-corrected chi connectivity index (χ3v) is 3.57. The molecule has 0 bridgehead atoms. The van der Waals surface area contributed by atoms with Crippen LogP contribution in [0.3, 0.4) is 0 Å². The molecule has 0 N–H and O–H groups in total. The molecule has 0 atom stereocenters. The van der Waals surface area contributed by atoms with Gasteiger partial charge in [-0.1, -0.05) is 0 Å². The first-order valence-electron chi connectivity index (χ1n) is 4.30. The number of hydrogen-bond donors (Lipinski definition) is 0. The number of aryl methyl sites for hydroxylation is 1. The Morgan fingerprint density at radius 1 is 1.47 bits per heavy atom. The molecule has 0 aliphatic carbocycles. The first-order chi connectivity index (χ1) is 7.22. The Balaban J connectivity index is 2.36. The van der Waals surface area contributed by atoms with Gasteiger partial charge in [-0.15, -0.1) is 22.7 Å². The van der Waals surface area contributed by atoms with Crippen molar-refractivity contribution < 1.29 is 9.53 Å². The van der Waals surface area contributed by atoms with Gasteiger partial charge in [0.2, 0.25) is 5.78 Å². The number of carbonyl (C=O) groups excluding carboxylic acids is 1. The van der Waals surface area contributed by atoms with Crippen molar-refractivity contribution in [1.82, 2.24) is 4.98 Å². The maximum absolute atomic E-state index is 12.0. The topological polar surface area (TPSA) is 39.2 Å². The van der Waals surface area contributed by atoms with Gasteiger partial charge >= 0.3 is 0 Å². The molecule has 78 valence electrons. The van der Waals surface area contributed by atoms with E-state index in [-0.39, 0.29) is 5.78 Å². The predicted molar refractivity (Wildman–Crippen MR) is 61.2 cm³/mol. The predicted octanol–water partition coefficient (Wildman–Crippen LogP) is 2.75. The number of nitrogens with zero attached hydrogens (tertiary/aromatic N) is 1. The molecule has 0 saturated carbocycles. The summed E-state index contributed by atoms with van der Waals surface area (Å²) < 4.78 is 5.10. The minimum absolute atomic E-state index is 0.0637. The molecule has 3 nitrogen and oxygen atoms in total. The van der Waals surface area contributed by atoms with E-state index in [1.54, 1.807) is 18.6 Å². The molecule has 2 aromatic rings. The molecule has 2 heterocycles. The van der Waals surface area contributed by atoms with Gasteiger partial charge in [-0.2, -0.15) is 0 Å². The van der Waals surface area contributed by atoms with Crippen LogP contribution >= 0.6 is 22.7 Å². The number of ether oxygens (including phenoxy) is 1. The lowest BCUT2D eigenvalue weighted by molar-refractivity contribution is 0.103. The zero-order valence-electron chi connectivity index (χ0n) is 8.31. The number of ketones is 1. The van der Waals surface area contributed by atoms with Crippen LogP contribution in [0.4, 0.5) is 0 Å². The second-order valence-electron chi connectivity index (χ2n) is 2.90. The smallest absolute Gasteiger partial charge is 0.225 e. The molecular weight excluding hydrogens is 230 g/mol. The molecule has 0 saturated heterocycles. The molecule has 0 fully saturated rings. The lowest BCUT2D eigenvalue weighted by atomic mass is 10.2. The first kappa shape index (κ1) is 10.3. The number of methoxy groups -OCH3 is 1. The normalized spacial score (nSPS) is 10.3. The molecule has 0 aliphatic rings. The molecule has 5 heteroatoms. The van der Waals surface area contributed by atoms with Gasteiger partial charge in [-0.3, -0.25) is 4.79 Å². The number of rotatable bonds is 3. The average Bonchev–Trinajstić information content (AvgIpc) is 2.84. The molecule has 0 amide bonds. The molecule has 2 aromatic heterocycles. The summed E-state index contributed by atoms with van der Waals surface area (Å²) in [6, 6.07) is 1.79. The summed E-state index contributed by atoms with van der Waals surface area (Å²) in [5.74, 6) is 0.557. The van der Waals surface area contributed by atoms with Crippen LogP contribution in [0.2, 0.25) is 0 Å². The minimum atomic E-state index is -0.0637. The standard InChI is InChI=1S/C10H9NO2S2/c1-6-11-7(5-15-6)9(12)10-8(13-2)3-4-14-10/h3-5H,1-2H3. The second kappa shape index (κ2) is 4.12. The average molecular weight is 239 g/mol. The Bertz CT molecular complexity index is 487. The molecule has 0 aromatic carbocycles. The van der Waals surface area contributed by atoms with Crippen molar-refractivity contribution >= 4 is 28.5 Å². The highest BCUT2D eigenvalue weighted by molar-refractivity contribution is 7.13. The van der Waals surface area contributed by atoms with E-state index in [1.165, 1.54) is 22.7 Å². The lowest BCUT2D eigenvalue weighted by Gasteiger charge is -1.98. The monoisotopic (exact) mass is 239 g/mol. The molecule has 15 heavy (non-hydrogen) atoms. The van der Waals surface area contributed by atoms with E-state index in [9.17, 15) is 4.79 Å². The highest BCUT2D eigenvalue weighted by Crippen LogP contribution is 2.27. The van der Waals surface area contributed by atoms with Crippen molar-refractivity contribution in [2.24, 2.45) is 0 Å². The Morgan fingerprint density at radius 2 is 2.27 bits per heavy atom. The summed E-state index contributed by atoms with van der Waals surface area (Å²) in [6.45, 7) is 1.88. The fourth-order valence-electron chi connectivity index (χ4n) is 1.21. The van der Waals surface area contributed by atoms with Crippen LogP contribution in [0.5, 0.6) is 5.75 Å². The fourth-order valence-corrected chi connectivity index (χ4v) is 2.61. The maximum Gasteiger partial charge on any atom is 0.225 e. The van der Waals surface area contributed by atoms with Gasteiger partial charge in [0.25, 0.3) is 0 Å². The fraction of sp³-hybridized carbons (Fsp3) is 0.200. The summed E-state index contributed by atoms with van der Waals surface area (Å²) in [6.07, 6.45) is 0. The molecule has 0 unspecified atom stereocenters. The van der Waals surface area contributed by atoms with E-state index in [0.717, 1.165) is 5.01 Å². The van der Waals surface area contributed by atoms with E-state index in [1.807, 2.05) is 12.3 Å². The van der Waals surface area contributed by atoms with Crippen molar-refractivity contribution in [2.45, 2.75) is 6.92 Å². The van der Waals surface area contributed by atoms with Gasteiger partial charge in [0.05, 0.1) is 12.1 Å². The molecule has 0 radical (unpaired) electrons. The Labute approximate surface area is 95.4 Å². The van der Waals surface area contributed by atoms with E-state index in [2.05, 4.69) is 4.98 Å². The van der Waals surface area contributed by atoms with Gasteiger partial charge in [0, 0.05) is 5.38 Å². The zero-order chi connectivity index (χ0) is 10.8. The van der Waals surface area contributed by atoms with Crippen molar-refractivity contribution in [1.29, 1.82) is 0 Å². The van der Waals surface area contributed by atoms with Gasteiger partial charge in [0.1, 0.15) is 16.3 Å². The Hall–Kier alpha value is -1.20. The van der Waals surface area contributed by atoms with E-state index in [4.69, 9.17) is 4.74 Å². The van der Waals surface area contributed by atoms with Crippen LogP contribution in [-0.2, 0) is 0 Å². The SMILES string of the molecule is COc1ccsc1C(=O)c1csc(C)n1. The van der Waals surface area contributed by atoms with Crippen molar-refractivity contribution in [3.05, 3.63) is 32.4 Å². The molecule has 2 rings (SSSR count). The quantitative estimate of drug-likeness (QED) is 0.773. The van der Waals surface area contributed by atoms with Crippen LogP contribution in [0.15, 0.2) is 16.8 Å². The van der Waals surface area contributed by atoms with Crippen LogP contribution in [0.1, 0.15) is 20.4 Å². The third-order valence-electron chi connectivity index (χ3n) is 1.91. The van der Waals surface area contributed by atoms with Crippen LogP contribution in [-0.4, -0.2) is 17.9 Å². The summed E-state index contributed by atoms with van der Waals surface area (Å²) in [4.78, 5) is 16.8. The van der Waals surface area contributed by atoms with Gasteiger partial charge in [-0.25, -0.2) is 4.98 Å². The zero-order valence-corrected chi connectivity index (χ0v) is 9.95. The minimum Gasteiger partial charge on any atom is -0.495 e. The molecule has 0 spiro atoms. The third kappa shape index (κ3) is 1.93. The number of carbonyl (C=O) groups is 1. The summed E-state index contributed by atoms with van der Waals surface area (Å²) in [7, 11) is 1.56. The van der Waals surface area contributed by atoms with Crippen molar-refractivity contribution in [3.63, 3.8) is 0 Å². The Kier molecular flexibility index (Phi) is 2.83. The maximum atomic E-state index is 12.0.